The molecule has 0 amide bonds. The molecule has 0 radical (unpaired) electrons. The highest BCUT2D eigenvalue weighted by molar-refractivity contribution is 6.58. The maximum atomic E-state index is 9.28. The van der Waals surface area contributed by atoms with E-state index in [1.165, 1.54) is 19.4 Å². The number of aromatic nitrogens is 2. The summed E-state index contributed by atoms with van der Waals surface area (Å²) < 4.78 is 5.50. The van der Waals surface area contributed by atoms with Crippen LogP contribution in [0.1, 0.15) is 37.5 Å². The van der Waals surface area contributed by atoms with Crippen molar-refractivity contribution < 1.29 is 14.6 Å². The summed E-state index contributed by atoms with van der Waals surface area (Å²) in [6.45, 7) is 2.34. The Morgan fingerprint density at radius 1 is 1.22 bits per heavy atom. The Labute approximate surface area is 135 Å². The van der Waals surface area contributed by atoms with Crippen molar-refractivity contribution >= 4 is 12.6 Å². The lowest BCUT2D eigenvalue weighted by Gasteiger charge is -2.33. The summed E-state index contributed by atoms with van der Waals surface area (Å²) in [5.41, 5.74) is 1.16. The molecule has 7 heteroatoms. The van der Waals surface area contributed by atoms with Crippen LogP contribution in [-0.4, -0.2) is 51.3 Å². The Hall–Kier alpha value is -1.70. The number of piperidine rings is 1. The van der Waals surface area contributed by atoms with Crippen molar-refractivity contribution in [3.8, 4) is 11.4 Å². The summed E-state index contributed by atoms with van der Waals surface area (Å²) in [5, 5.41) is 22.6. The van der Waals surface area contributed by atoms with Crippen molar-refractivity contribution in [2.24, 2.45) is 0 Å². The van der Waals surface area contributed by atoms with Gasteiger partial charge in [0.2, 0.25) is 11.7 Å². The Morgan fingerprint density at radius 3 is 3.00 bits per heavy atom. The fourth-order valence-electron chi connectivity index (χ4n) is 3.81. The summed E-state index contributed by atoms with van der Waals surface area (Å²) in [6, 6.07) is 7.61. The summed E-state index contributed by atoms with van der Waals surface area (Å²) >= 11 is 0. The molecule has 0 unspecified atom stereocenters. The molecule has 0 bridgehead atoms. The second-order valence-corrected chi connectivity index (χ2v) is 6.51. The fourth-order valence-corrected chi connectivity index (χ4v) is 3.81. The van der Waals surface area contributed by atoms with Gasteiger partial charge in [-0.25, -0.2) is 0 Å². The molecule has 0 spiro atoms. The molecular formula is C16H20BN3O3. The van der Waals surface area contributed by atoms with Gasteiger partial charge in [0.25, 0.3) is 0 Å². The molecule has 1 aromatic carbocycles. The van der Waals surface area contributed by atoms with E-state index in [0.717, 1.165) is 24.9 Å². The Bertz CT molecular complexity index is 691. The Balaban J connectivity index is 1.54. The lowest BCUT2D eigenvalue weighted by Crippen LogP contribution is -2.37. The second kappa shape index (κ2) is 6.07. The van der Waals surface area contributed by atoms with Crippen LogP contribution in [0.4, 0.5) is 0 Å². The summed E-state index contributed by atoms with van der Waals surface area (Å²) in [4.78, 5) is 7.13. The van der Waals surface area contributed by atoms with E-state index in [0.29, 0.717) is 29.1 Å². The van der Waals surface area contributed by atoms with Gasteiger partial charge in [-0.05, 0) is 44.2 Å². The molecular weight excluding hydrogens is 293 g/mol. The minimum absolute atomic E-state index is 0.335. The van der Waals surface area contributed by atoms with E-state index in [1.807, 2.05) is 6.07 Å². The topological polar surface area (TPSA) is 82.6 Å². The van der Waals surface area contributed by atoms with Crippen LogP contribution in [0.15, 0.2) is 28.8 Å². The molecule has 2 saturated heterocycles. The van der Waals surface area contributed by atoms with Gasteiger partial charge in [-0.15, -0.1) is 0 Å². The van der Waals surface area contributed by atoms with E-state index in [2.05, 4.69) is 15.0 Å². The van der Waals surface area contributed by atoms with Gasteiger partial charge in [-0.3, -0.25) is 0 Å². The normalized spacial score (nSPS) is 24.6. The van der Waals surface area contributed by atoms with Gasteiger partial charge >= 0.3 is 7.12 Å². The molecule has 120 valence electrons. The third-order valence-electron chi connectivity index (χ3n) is 5.05. The monoisotopic (exact) mass is 313 g/mol. The van der Waals surface area contributed by atoms with Crippen LogP contribution in [0.2, 0.25) is 0 Å². The molecule has 6 nitrogen and oxygen atoms in total. The molecule has 0 aliphatic carbocycles. The predicted octanol–water partition coefficient (Wildman–Crippen LogP) is 0.758. The number of hydrogen-bond acceptors (Lipinski definition) is 6. The van der Waals surface area contributed by atoms with Crippen LogP contribution in [0.25, 0.3) is 11.4 Å². The van der Waals surface area contributed by atoms with Crippen molar-refractivity contribution in [1.29, 1.82) is 0 Å². The number of rotatable bonds is 3. The highest BCUT2D eigenvalue weighted by Crippen LogP contribution is 2.35. The largest absolute Gasteiger partial charge is 0.488 e. The van der Waals surface area contributed by atoms with Gasteiger partial charge in [0, 0.05) is 17.5 Å². The van der Waals surface area contributed by atoms with Crippen LogP contribution in [-0.2, 0) is 0 Å². The van der Waals surface area contributed by atoms with Crippen LogP contribution in [0, 0.1) is 0 Å². The lowest BCUT2D eigenvalue weighted by molar-refractivity contribution is 0.165. The first-order chi connectivity index (χ1) is 11.2. The molecule has 2 aliphatic heterocycles. The Morgan fingerprint density at radius 2 is 2.13 bits per heavy atom. The van der Waals surface area contributed by atoms with E-state index in [-0.39, 0.29) is 0 Å². The second-order valence-electron chi connectivity index (χ2n) is 6.51. The van der Waals surface area contributed by atoms with E-state index in [1.54, 1.807) is 18.2 Å². The first-order valence-electron chi connectivity index (χ1n) is 8.25. The molecule has 2 fully saturated rings. The SMILES string of the molecule is OB(O)c1cccc(-c2noc([C@H]3CCN4CCC[C@H]4C3)n2)c1. The van der Waals surface area contributed by atoms with Crippen molar-refractivity contribution in [3.05, 3.63) is 30.2 Å². The molecule has 2 aromatic rings. The van der Waals surface area contributed by atoms with E-state index in [9.17, 15) is 10.0 Å². The highest BCUT2D eigenvalue weighted by atomic mass is 16.5. The number of fused-ring (bicyclic) bond motifs is 1. The van der Waals surface area contributed by atoms with Crippen molar-refractivity contribution in [1.82, 2.24) is 15.0 Å². The molecule has 2 N–H and O–H groups in total. The average molecular weight is 313 g/mol. The average Bonchev–Trinajstić information content (AvgIpc) is 3.23. The summed E-state index contributed by atoms with van der Waals surface area (Å²) in [7, 11) is -1.49. The summed E-state index contributed by atoms with van der Waals surface area (Å²) in [6.07, 6.45) is 4.72. The predicted molar refractivity (Wildman–Crippen MR) is 86.1 cm³/mol. The van der Waals surface area contributed by atoms with Crippen LogP contribution in [0.5, 0.6) is 0 Å². The van der Waals surface area contributed by atoms with Crippen LogP contribution in [0.3, 0.4) is 0 Å². The van der Waals surface area contributed by atoms with Gasteiger partial charge in [0.1, 0.15) is 0 Å². The van der Waals surface area contributed by atoms with Crippen molar-refractivity contribution in [2.75, 3.05) is 13.1 Å². The Kier molecular flexibility index (Phi) is 3.92. The fraction of sp³-hybridized carbons (Fsp3) is 0.500. The van der Waals surface area contributed by atoms with Crippen LogP contribution < -0.4 is 5.46 Å². The van der Waals surface area contributed by atoms with Crippen LogP contribution >= 0.6 is 0 Å². The quantitative estimate of drug-likeness (QED) is 0.814. The van der Waals surface area contributed by atoms with Gasteiger partial charge < -0.3 is 19.5 Å². The van der Waals surface area contributed by atoms with Gasteiger partial charge in [-0.2, -0.15) is 4.98 Å². The minimum Gasteiger partial charge on any atom is -0.423 e. The first-order valence-corrected chi connectivity index (χ1v) is 8.25. The molecule has 2 atom stereocenters. The zero-order valence-corrected chi connectivity index (χ0v) is 12.9. The van der Waals surface area contributed by atoms with E-state index in [4.69, 9.17) is 4.52 Å². The molecule has 2 aliphatic rings. The highest BCUT2D eigenvalue weighted by Gasteiger charge is 2.34. The smallest absolute Gasteiger partial charge is 0.423 e. The first kappa shape index (κ1) is 14.9. The molecule has 1 aromatic heterocycles. The standard InChI is InChI=1S/C16H20BN3O3/c21-17(22)13-4-1-3-11(9-13)15-18-16(23-19-15)12-6-8-20-7-2-5-14(20)10-12/h1,3-4,9,12,14,21-22H,2,5-8,10H2/t12-,14-/m0/s1. The zero-order chi connectivity index (χ0) is 15.8. The van der Waals surface area contributed by atoms with E-state index < -0.39 is 7.12 Å². The van der Waals surface area contributed by atoms with E-state index >= 15 is 0 Å². The van der Waals surface area contributed by atoms with Crippen molar-refractivity contribution in [2.45, 2.75) is 37.6 Å². The molecule has 23 heavy (non-hydrogen) atoms. The zero-order valence-electron chi connectivity index (χ0n) is 12.9. The maximum Gasteiger partial charge on any atom is 0.488 e. The maximum absolute atomic E-state index is 9.28. The van der Waals surface area contributed by atoms with Gasteiger partial charge in [0.05, 0.1) is 0 Å². The lowest BCUT2D eigenvalue weighted by atomic mass is 9.79. The number of benzene rings is 1. The molecule has 3 heterocycles. The molecule has 4 rings (SSSR count). The van der Waals surface area contributed by atoms with Gasteiger partial charge in [-0.1, -0.05) is 29.4 Å². The van der Waals surface area contributed by atoms with Gasteiger partial charge in [0.15, 0.2) is 0 Å². The number of hydrogen-bond donors (Lipinski definition) is 2. The third kappa shape index (κ3) is 2.92. The molecule has 0 saturated carbocycles. The minimum atomic E-state index is -1.49. The third-order valence-corrected chi connectivity index (χ3v) is 5.05. The number of nitrogens with zero attached hydrogens (tertiary/aromatic N) is 3. The van der Waals surface area contributed by atoms with Crippen molar-refractivity contribution in [3.63, 3.8) is 0 Å². The summed E-state index contributed by atoms with van der Waals surface area (Å²) in [5.74, 6) is 1.56.